The highest BCUT2D eigenvalue weighted by molar-refractivity contribution is 5.93. The molecule has 1 aromatic rings. The first-order valence-corrected chi connectivity index (χ1v) is 5.47. The van der Waals surface area contributed by atoms with Crippen LogP contribution in [0.3, 0.4) is 0 Å². The molecule has 2 N–H and O–H groups in total. The second-order valence-corrected chi connectivity index (χ2v) is 5.12. The van der Waals surface area contributed by atoms with Crippen molar-refractivity contribution in [2.45, 2.75) is 33.7 Å². The van der Waals surface area contributed by atoms with Gasteiger partial charge in [-0.25, -0.2) is 5.84 Å². The van der Waals surface area contributed by atoms with Gasteiger partial charge in [0, 0.05) is 5.56 Å². The van der Waals surface area contributed by atoms with Gasteiger partial charge in [0.1, 0.15) is 0 Å². The molecule has 3 nitrogen and oxygen atoms in total. The lowest BCUT2D eigenvalue weighted by atomic mass is 9.87. The Labute approximate surface area is 97.2 Å². The summed E-state index contributed by atoms with van der Waals surface area (Å²) in [5.74, 6) is 5.73. The van der Waals surface area contributed by atoms with E-state index in [1.165, 1.54) is 5.01 Å². The summed E-state index contributed by atoms with van der Waals surface area (Å²) in [6.07, 6.45) is 0. The predicted molar refractivity (Wildman–Crippen MR) is 65.7 cm³/mol. The number of nitrogens with two attached hydrogens (primary N) is 1. The lowest BCUT2D eigenvalue weighted by Gasteiger charge is -2.34. The molecule has 1 amide bonds. The van der Waals surface area contributed by atoms with Crippen LogP contribution in [0.25, 0.3) is 0 Å². The molecule has 0 heterocycles. The lowest BCUT2D eigenvalue weighted by Crippen LogP contribution is -2.49. The normalized spacial score (nSPS) is 13.3. The molecule has 1 rings (SSSR count). The Bertz CT molecular complexity index is 354. The van der Waals surface area contributed by atoms with Crippen molar-refractivity contribution in [2.75, 3.05) is 0 Å². The summed E-state index contributed by atoms with van der Waals surface area (Å²) < 4.78 is 0. The summed E-state index contributed by atoms with van der Waals surface area (Å²) >= 11 is 0. The third-order valence-corrected chi connectivity index (χ3v) is 2.93. The zero-order chi connectivity index (χ0) is 12.3. The van der Waals surface area contributed by atoms with E-state index < -0.39 is 0 Å². The highest BCUT2D eigenvalue weighted by Crippen LogP contribution is 2.23. The van der Waals surface area contributed by atoms with Crippen LogP contribution in [0.4, 0.5) is 0 Å². The first kappa shape index (κ1) is 12.7. The Morgan fingerprint density at radius 1 is 1.25 bits per heavy atom. The summed E-state index contributed by atoms with van der Waals surface area (Å²) in [6, 6.07) is 9.09. The monoisotopic (exact) mass is 220 g/mol. The van der Waals surface area contributed by atoms with E-state index in [2.05, 4.69) is 20.8 Å². The molecule has 0 spiro atoms. The minimum atomic E-state index is -0.136. The molecule has 0 aliphatic carbocycles. The van der Waals surface area contributed by atoms with E-state index in [1.807, 2.05) is 25.1 Å². The maximum atomic E-state index is 12.0. The van der Waals surface area contributed by atoms with E-state index in [9.17, 15) is 4.79 Å². The highest BCUT2D eigenvalue weighted by atomic mass is 16.2. The summed E-state index contributed by atoms with van der Waals surface area (Å²) in [6.45, 7) is 8.16. The molecule has 3 heteroatoms. The van der Waals surface area contributed by atoms with Crippen molar-refractivity contribution in [3.05, 3.63) is 35.9 Å². The Balaban J connectivity index is 2.84. The Kier molecular flexibility index (Phi) is 3.70. The van der Waals surface area contributed by atoms with Crippen LogP contribution in [0.15, 0.2) is 30.3 Å². The van der Waals surface area contributed by atoms with Crippen LogP contribution in [0.2, 0.25) is 0 Å². The fourth-order valence-electron chi connectivity index (χ4n) is 1.32. The topological polar surface area (TPSA) is 46.3 Å². The number of rotatable bonds is 2. The van der Waals surface area contributed by atoms with Crippen molar-refractivity contribution in [1.29, 1.82) is 0 Å². The van der Waals surface area contributed by atoms with Crippen molar-refractivity contribution in [2.24, 2.45) is 11.3 Å². The van der Waals surface area contributed by atoms with Crippen molar-refractivity contribution in [3.8, 4) is 0 Å². The van der Waals surface area contributed by atoms with Gasteiger partial charge >= 0.3 is 0 Å². The van der Waals surface area contributed by atoms with Crippen molar-refractivity contribution >= 4 is 5.91 Å². The zero-order valence-corrected chi connectivity index (χ0v) is 10.4. The van der Waals surface area contributed by atoms with E-state index in [0.717, 1.165) is 0 Å². The van der Waals surface area contributed by atoms with Crippen LogP contribution in [-0.2, 0) is 0 Å². The first-order chi connectivity index (χ1) is 7.34. The molecular formula is C13H20N2O. The van der Waals surface area contributed by atoms with E-state index >= 15 is 0 Å². The Morgan fingerprint density at radius 2 is 1.75 bits per heavy atom. The van der Waals surface area contributed by atoms with Crippen LogP contribution >= 0.6 is 0 Å². The van der Waals surface area contributed by atoms with Gasteiger partial charge in [-0.2, -0.15) is 0 Å². The number of hydrogen-bond acceptors (Lipinski definition) is 2. The van der Waals surface area contributed by atoms with Crippen LogP contribution in [0.1, 0.15) is 38.1 Å². The first-order valence-electron chi connectivity index (χ1n) is 5.47. The standard InChI is InChI=1S/C13H20N2O/c1-10(13(2,3)4)15(14)12(16)11-8-6-5-7-9-11/h5-10H,14H2,1-4H3. The summed E-state index contributed by atoms with van der Waals surface area (Å²) in [5, 5.41) is 1.31. The molecule has 0 aliphatic rings. The molecule has 0 saturated heterocycles. The van der Waals surface area contributed by atoms with Crippen LogP contribution in [-0.4, -0.2) is 17.0 Å². The van der Waals surface area contributed by atoms with Gasteiger partial charge in [-0.1, -0.05) is 39.0 Å². The van der Waals surface area contributed by atoms with Crippen molar-refractivity contribution < 1.29 is 4.79 Å². The minimum Gasteiger partial charge on any atom is -0.273 e. The van der Waals surface area contributed by atoms with E-state index in [4.69, 9.17) is 5.84 Å². The molecule has 88 valence electrons. The average molecular weight is 220 g/mol. The molecule has 0 bridgehead atoms. The lowest BCUT2D eigenvalue weighted by molar-refractivity contribution is 0.0553. The zero-order valence-electron chi connectivity index (χ0n) is 10.4. The second-order valence-electron chi connectivity index (χ2n) is 5.12. The maximum absolute atomic E-state index is 12.0. The van der Waals surface area contributed by atoms with E-state index in [-0.39, 0.29) is 17.4 Å². The molecule has 0 saturated carbocycles. The molecule has 0 fully saturated rings. The third-order valence-electron chi connectivity index (χ3n) is 2.93. The summed E-state index contributed by atoms with van der Waals surface area (Å²) in [5.41, 5.74) is 0.597. The molecule has 1 aromatic carbocycles. The number of benzene rings is 1. The van der Waals surface area contributed by atoms with Crippen LogP contribution in [0, 0.1) is 5.41 Å². The van der Waals surface area contributed by atoms with Crippen LogP contribution in [0.5, 0.6) is 0 Å². The molecular weight excluding hydrogens is 200 g/mol. The van der Waals surface area contributed by atoms with Gasteiger partial charge in [0.25, 0.3) is 5.91 Å². The van der Waals surface area contributed by atoms with Gasteiger partial charge < -0.3 is 0 Å². The third kappa shape index (κ3) is 2.83. The van der Waals surface area contributed by atoms with E-state index in [0.29, 0.717) is 5.56 Å². The molecule has 16 heavy (non-hydrogen) atoms. The summed E-state index contributed by atoms with van der Waals surface area (Å²) in [7, 11) is 0. The largest absolute Gasteiger partial charge is 0.273 e. The molecule has 1 atom stereocenters. The van der Waals surface area contributed by atoms with Crippen molar-refractivity contribution in [1.82, 2.24) is 5.01 Å². The highest BCUT2D eigenvalue weighted by Gasteiger charge is 2.28. The number of nitrogens with zero attached hydrogens (tertiary/aromatic N) is 1. The number of carbonyl (C=O) groups excluding carboxylic acids is 1. The van der Waals surface area contributed by atoms with Crippen LogP contribution < -0.4 is 5.84 Å². The average Bonchev–Trinajstić information content (AvgIpc) is 2.26. The fourth-order valence-corrected chi connectivity index (χ4v) is 1.32. The predicted octanol–water partition coefficient (Wildman–Crippen LogP) is 2.44. The maximum Gasteiger partial charge on any atom is 0.268 e. The number of carbonyl (C=O) groups is 1. The van der Waals surface area contributed by atoms with Gasteiger partial charge in [0.15, 0.2) is 0 Å². The summed E-state index contributed by atoms with van der Waals surface area (Å²) in [4.78, 5) is 12.0. The molecule has 1 unspecified atom stereocenters. The number of amides is 1. The quantitative estimate of drug-likeness (QED) is 0.472. The number of hydrazine groups is 1. The fraction of sp³-hybridized carbons (Fsp3) is 0.462. The molecule has 0 radical (unpaired) electrons. The smallest absolute Gasteiger partial charge is 0.268 e. The Morgan fingerprint density at radius 3 is 2.19 bits per heavy atom. The van der Waals surface area contributed by atoms with Gasteiger partial charge in [0.2, 0.25) is 0 Å². The van der Waals surface area contributed by atoms with Gasteiger partial charge in [-0.3, -0.25) is 9.80 Å². The van der Waals surface area contributed by atoms with E-state index in [1.54, 1.807) is 12.1 Å². The molecule has 0 aliphatic heterocycles. The van der Waals surface area contributed by atoms with Gasteiger partial charge in [-0.05, 0) is 24.5 Å². The minimum absolute atomic E-state index is 0.0137. The Hall–Kier alpha value is -1.35. The van der Waals surface area contributed by atoms with Gasteiger partial charge in [0.05, 0.1) is 6.04 Å². The SMILES string of the molecule is CC(N(N)C(=O)c1ccccc1)C(C)(C)C. The molecule has 0 aromatic heterocycles. The number of hydrogen-bond donors (Lipinski definition) is 1. The second kappa shape index (κ2) is 4.66. The van der Waals surface area contributed by atoms with Crippen molar-refractivity contribution in [3.63, 3.8) is 0 Å². The van der Waals surface area contributed by atoms with Gasteiger partial charge in [-0.15, -0.1) is 0 Å².